The predicted octanol–water partition coefficient (Wildman–Crippen LogP) is 2.50. The molecule has 0 radical (unpaired) electrons. The minimum atomic E-state index is -0.225. The number of thiazole rings is 1. The van der Waals surface area contributed by atoms with Gasteiger partial charge in [-0.2, -0.15) is 0 Å². The molecule has 6 heteroatoms. The Bertz CT molecular complexity index is 713. The van der Waals surface area contributed by atoms with E-state index in [1.54, 1.807) is 11.3 Å². The number of hydrogen-bond donors (Lipinski definition) is 2. The highest BCUT2D eigenvalue weighted by Gasteiger charge is 2.56. The van der Waals surface area contributed by atoms with Crippen molar-refractivity contribution >= 4 is 11.3 Å². The van der Waals surface area contributed by atoms with Crippen LogP contribution >= 0.6 is 11.3 Å². The third kappa shape index (κ3) is 3.44. The zero-order chi connectivity index (χ0) is 18.0. The molecule has 26 heavy (non-hydrogen) atoms. The maximum absolute atomic E-state index is 10.4. The second kappa shape index (κ2) is 7.74. The van der Waals surface area contributed by atoms with Crippen molar-refractivity contribution in [2.45, 2.75) is 38.0 Å². The number of aromatic nitrogens is 1. The Kier molecular flexibility index (Phi) is 5.38. The number of aliphatic hydroxyl groups excluding tert-OH is 1. The second-order valence-corrected chi connectivity index (χ2v) is 8.34. The number of hydrogen-bond acceptors (Lipinski definition) is 6. The number of nitrogens with two attached hydrogens (primary N) is 1. The Hall–Kier alpha value is -1.31. The van der Waals surface area contributed by atoms with E-state index in [-0.39, 0.29) is 17.6 Å². The van der Waals surface area contributed by atoms with Gasteiger partial charge < -0.3 is 15.6 Å². The number of likely N-dealkylation sites (tertiary alicyclic amines) is 1. The van der Waals surface area contributed by atoms with Gasteiger partial charge in [0.1, 0.15) is 5.01 Å². The topological polar surface area (TPSA) is 71.6 Å². The standard InChI is InChI=1S/C20H27N3O2S/c21-8-11-25-18-12-17(24)20(18)6-9-23(10-7-20)13-19-22-16(14-26-19)15-4-2-1-3-5-15/h1-5,14,17-18,24H,6-13,21H2/t17-,18+/m0/s1. The summed E-state index contributed by atoms with van der Waals surface area (Å²) in [5.74, 6) is 0. The smallest absolute Gasteiger partial charge is 0.107 e. The molecular formula is C20H27N3O2S. The van der Waals surface area contributed by atoms with Crippen LogP contribution in [0, 0.1) is 5.41 Å². The van der Waals surface area contributed by atoms with Crippen LogP contribution in [0.1, 0.15) is 24.3 Å². The van der Waals surface area contributed by atoms with Crippen molar-refractivity contribution in [3.8, 4) is 11.3 Å². The summed E-state index contributed by atoms with van der Waals surface area (Å²) in [5, 5.41) is 13.7. The van der Waals surface area contributed by atoms with Gasteiger partial charge in [0.15, 0.2) is 0 Å². The van der Waals surface area contributed by atoms with Gasteiger partial charge in [-0.15, -0.1) is 11.3 Å². The van der Waals surface area contributed by atoms with E-state index in [9.17, 15) is 5.11 Å². The Labute approximate surface area is 158 Å². The van der Waals surface area contributed by atoms with Crippen LogP contribution in [-0.4, -0.2) is 53.4 Å². The maximum Gasteiger partial charge on any atom is 0.107 e. The van der Waals surface area contributed by atoms with Gasteiger partial charge in [-0.25, -0.2) is 4.98 Å². The van der Waals surface area contributed by atoms with Crippen molar-refractivity contribution in [3.63, 3.8) is 0 Å². The van der Waals surface area contributed by atoms with Gasteiger partial charge in [-0.1, -0.05) is 30.3 Å². The molecule has 1 aromatic carbocycles. The summed E-state index contributed by atoms with van der Waals surface area (Å²) >= 11 is 1.73. The van der Waals surface area contributed by atoms with Crippen molar-refractivity contribution < 1.29 is 9.84 Å². The van der Waals surface area contributed by atoms with Crippen LogP contribution in [0.4, 0.5) is 0 Å². The van der Waals surface area contributed by atoms with E-state index < -0.39 is 0 Å². The summed E-state index contributed by atoms with van der Waals surface area (Å²) in [7, 11) is 0. The third-order valence-electron chi connectivity index (χ3n) is 5.95. The Morgan fingerprint density at radius 3 is 2.73 bits per heavy atom. The first-order valence-electron chi connectivity index (χ1n) is 9.43. The zero-order valence-corrected chi connectivity index (χ0v) is 15.8. The van der Waals surface area contributed by atoms with Crippen LogP contribution in [0.25, 0.3) is 11.3 Å². The molecule has 5 nitrogen and oxygen atoms in total. The molecule has 4 rings (SSSR count). The van der Waals surface area contributed by atoms with Crippen molar-refractivity contribution in [2.24, 2.45) is 11.1 Å². The molecular weight excluding hydrogens is 346 g/mol. The molecule has 1 aliphatic carbocycles. The highest BCUT2D eigenvalue weighted by Crippen LogP contribution is 2.51. The molecule has 2 aromatic rings. The second-order valence-electron chi connectivity index (χ2n) is 7.40. The fraction of sp³-hybridized carbons (Fsp3) is 0.550. The molecule has 1 saturated heterocycles. The van der Waals surface area contributed by atoms with E-state index in [2.05, 4.69) is 22.4 Å². The van der Waals surface area contributed by atoms with Crippen LogP contribution < -0.4 is 5.73 Å². The zero-order valence-electron chi connectivity index (χ0n) is 15.0. The summed E-state index contributed by atoms with van der Waals surface area (Å²) in [5.41, 5.74) is 7.74. The van der Waals surface area contributed by atoms with E-state index >= 15 is 0 Å². The van der Waals surface area contributed by atoms with Gasteiger partial charge in [-0.3, -0.25) is 4.90 Å². The molecule has 2 aliphatic rings. The monoisotopic (exact) mass is 373 g/mol. The van der Waals surface area contributed by atoms with Crippen molar-refractivity contribution in [2.75, 3.05) is 26.2 Å². The molecule has 0 amide bonds. The van der Waals surface area contributed by atoms with E-state index in [4.69, 9.17) is 15.5 Å². The largest absolute Gasteiger partial charge is 0.392 e. The third-order valence-corrected chi connectivity index (χ3v) is 6.78. The molecule has 1 aliphatic heterocycles. The van der Waals surface area contributed by atoms with Crippen LogP contribution in [0.3, 0.4) is 0 Å². The lowest BCUT2D eigenvalue weighted by Crippen LogP contribution is -2.62. The van der Waals surface area contributed by atoms with Gasteiger partial charge in [-0.05, 0) is 25.9 Å². The maximum atomic E-state index is 10.4. The molecule has 140 valence electrons. The lowest BCUT2D eigenvalue weighted by atomic mass is 9.58. The molecule has 1 aromatic heterocycles. The van der Waals surface area contributed by atoms with E-state index in [0.717, 1.165) is 49.6 Å². The molecule has 3 N–H and O–H groups in total. The predicted molar refractivity (Wildman–Crippen MR) is 104 cm³/mol. The van der Waals surface area contributed by atoms with E-state index in [0.29, 0.717) is 13.2 Å². The first-order chi connectivity index (χ1) is 12.7. The molecule has 2 heterocycles. The first-order valence-corrected chi connectivity index (χ1v) is 10.3. The minimum Gasteiger partial charge on any atom is -0.392 e. The van der Waals surface area contributed by atoms with Gasteiger partial charge in [0.05, 0.1) is 31.1 Å². The molecule has 1 spiro atoms. The fourth-order valence-electron chi connectivity index (χ4n) is 4.27. The average Bonchev–Trinajstić information content (AvgIpc) is 3.15. The Balaban J connectivity index is 1.34. The van der Waals surface area contributed by atoms with Crippen LogP contribution in [-0.2, 0) is 11.3 Å². The van der Waals surface area contributed by atoms with Gasteiger partial charge in [0, 0.05) is 29.3 Å². The average molecular weight is 374 g/mol. The van der Waals surface area contributed by atoms with Crippen molar-refractivity contribution in [1.82, 2.24) is 9.88 Å². The quantitative estimate of drug-likeness (QED) is 0.814. The van der Waals surface area contributed by atoms with Gasteiger partial charge >= 0.3 is 0 Å². The number of aliphatic hydroxyl groups is 1. The summed E-state index contributed by atoms with van der Waals surface area (Å²) in [4.78, 5) is 7.25. The Morgan fingerprint density at radius 2 is 2.04 bits per heavy atom. The van der Waals surface area contributed by atoms with Crippen LogP contribution in [0.5, 0.6) is 0 Å². The minimum absolute atomic E-state index is 0.0518. The summed E-state index contributed by atoms with van der Waals surface area (Å²) in [6.07, 6.45) is 2.68. The number of piperidine rings is 1. The van der Waals surface area contributed by atoms with Gasteiger partial charge in [0.25, 0.3) is 0 Å². The van der Waals surface area contributed by atoms with Crippen molar-refractivity contribution in [3.05, 3.63) is 40.7 Å². The molecule has 0 bridgehead atoms. The van der Waals surface area contributed by atoms with Crippen LogP contribution in [0.15, 0.2) is 35.7 Å². The van der Waals surface area contributed by atoms with Crippen LogP contribution in [0.2, 0.25) is 0 Å². The summed E-state index contributed by atoms with van der Waals surface area (Å²) < 4.78 is 5.88. The number of rotatable bonds is 6. The summed E-state index contributed by atoms with van der Waals surface area (Å²) in [6, 6.07) is 10.3. The lowest BCUT2D eigenvalue weighted by molar-refractivity contribution is -0.210. The fourth-order valence-corrected chi connectivity index (χ4v) is 5.11. The molecule has 0 unspecified atom stereocenters. The number of benzene rings is 1. The highest BCUT2D eigenvalue weighted by atomic mass is 32.1. The van der Waals surface area contributed by atoms with Gasteiger partial charge in [0.2, 0.25) is 0 Å². The normalized spacial score (nSPS) is 25.3. The SMILES string of the molecule is NCCO[C@@H]1C[C@H](O)C12CCN(Cc1nc(-c3ccccc3)cs1)CC2. The van der Waals surface area contributed by atoms with E-state index in [1.165, 1.54) is 5.56 Å². The van der Waals surface area contributed by atoms with E-state index in [1.807, 2.05) is 18.2 Å². The lowest BCUT2D eigenvalue weighted by Gasteiger charge is -2.56. The molecule has 2 fully saturated rings. The first kappa shape index (κ1) is 18.1. The Morgan fingerprint density at radius 1 is 1.27 bits per heavy atom. The molecule has 2 atom stereocenters. The van der Waals surface area contributed by atoms with Crippen molar-refractivity contribution in [1.29, 1.82) is 0 Å². The number of nitrogens with zero attached hydrogens (tertiary/aromatic N) is 2. The highest BCUT2D eigenvalue weighted by molar-refractivity contribution is 7.09. The number of ether oxygens (including phenoxy) is 1. The summed E-state index contributed by atoms with van der Waals surface area (Å²) in [6.45, 7) is 3.99. The molecule has 1 saturated carbocycles.